The van der Waals surface area contributed by atoms with E-state index >= 15 is 0 Å². The molecular formula is C11H20N2O2. The van der Waals surface area contributed by atoms with Crippen LogP contribution in [0.5, 0.6) is 0 Å². The molecule has 1 aliphatic heterocycles. The van der Waals surface area contributed by atoms with Gasteiger partial charge in [0.15, 0.2) is 0 Å². The topological polar surface area (TPSA) is 58.2 Å². The second-order valence-electron chi connectivity index (χ2n) is 4.31. The maximum Gasteiger partial charge on any atom is 0.243 e. The highest BCUT2D eigenvalue weighted by Gasteiger charge is 2.25. The van der Waals surface area contributed by atoms with E-state index in [9.17, 15) is 9.59 Å². The zero-order valence-corrected chi connectivity index (χ0v) is 9.51. The lowest BCUT2D eigenvalue weighted by molar-refractivity contribution is -0.134. The molecule has 0 saturated carbocycles. The second-order valence-corrected chi connectivity index (χ2v) is 4.31. The third-order valence-corrected chi connectivity index (χ3v) is 2.73. The summed E-state index contributed by atoms with van der Waals surface area (Å²) in [7, 11) is 0. The highest BCUT2D eigenvalue weighted by molar-refractivity contribution is 6.00. The Bertz CT molecular complexity index is 241. The van der Waals surface area contributed by atoms with Crippen molar-refractivity contribution in [2.45, 2.75) is 45.6 Å². The van der Waals surface area contributed by atoms with Crippen molar-refractivity contribution >= 4 is 11.8 Å². The summed E-state index contributed by atoms with van der Waals surface area (Å²) < 4.78 is 0. The van der Waals surface area contributed by atoms with Crippen LogP contribution in [-0.2, 0) is 9.59 Å². The van der Waals surface area contributed by atoms with Gasteiger partial charge in [0.25, 0.3) is 0 Å². The van der Waals surface area contributed by atoms with Crippen LogP contribution in [0.1, 0.15) is 39.5 Å². The van der Waals surface area contributed by atoms with E-state index in [0.29, 0.717) is 18.8 Å². The van der Waals surface area contributed by atoms with Crippen LogP contribution < -0.4 is 10.6 Å². The van der Waals surface area contributed by atoms with Crippen LogP contribution in [0.3, 0.4) is 0 Å². The molecule has 1 heterocycles. The average molecular weight is 212 g/mol. The molecule has 0 aromatic rings. The molecule has 15 heavy (non-hydrogen) atoms. The first-order chi connectivity index (χ1) is 7.13. The predicted octanol–water partition coefficient (Wildman–Crippen LogP) is 0.817. The maximum absolute atomic E-state index is 11.4. The van der Waals surface area contributed by atoms with E-state index in [4.69, 9.17) is 0 Å². The molecule has 2 unspecified atom stereocenters. The van der Waals surface area contributed by atoms with Crippen molar-refractivity contribution in [3.05, 3.63) is 0 Å². The van der Waals surface area contributed by atoms with E-state index < -0.39 is 0 Å². The molecule has 0 aromatic carbocycles. The van der Waals surface area contributed by atoms with Crippen molar-refractivity contribution in [1.82, 2.24) is 10.6 Å². The number of imide groups is 1. The smallest absolute Gasteiger partial charge is 0.243 e. The molecule has 0 spiro atoms. The van der Waals surface area contributed by atoms with Gasteiger partial charge in [-0.25, -0.2) is 0 Å². The first-order valence-electron chi connectivity index (χ1n) is 5.70. The SMILES string of the molecule is CCCC(C)CNC1CCC(=O)NC1=O. The Balaban J connectivity index is 2.26. The predicted molar refractivity (Wildman–Crippen MR) is 58.2 cm³/mol. The summed E-state index contributed by atoms with van der Waals surface area (Å²) in [5, 5.41) is 5.56. The monoisotopic (exact) mass is 212 g/mol. The molecule has 1 fully saturated rings. The summed E-state index contributed by atoms with van der Waals surface area (Å²) in [6.45, 7) is 5.17. The average Bonchev–Trinajstić information content (AvgIpc) is 2.17. The molecule has 2 N–H and O–H groups in total. The highest BCUT2D eigenvalue weighted by atomic mass is 16.2. The van der Waals surface area contributed by atoms with Crippen molar-refractivity contribution in [2.75, 3.05) is 6.54 Å². The lowest BCUT2D eigenvalue weighted by Crippen LogP contribution is -2.51. The fourth-order valence-corrected chi connectivity index (χ4v) is 1.83. The van der Waals surface area contributed by atoms with Crippen LogP contribution in [0.2, 0.25) is 0 Å². The zero-order chi connectivity index (χ0) is 11.3. The van der Waals surface area contributed by atoms with Crippen molar-refractivity contribution in [2.24, 2.45) is 5.92 Å². The zero-order valence-electron chi connectivity index (χ0n) is 9.51. The van der Waals surface area contributed by atoms with Crippen LogP contribution in [0.25, 0.3) is 0 Å². The van der Waals surface area contributed by atoms with E-state index in [2.05, 4.69) is 24.5 Å². The molecule has 2 amide bonds. The molecular weight excluding hydrogens is 192 g/mol. The second kappa shape index (κ2) is 5.85. The van der Waals surface area contributed by atoms with Crippen molar-refractivity contribution in [3.63, 3.8) is 0 Å². The number of nitrogens with one attached hydrogen (secondary N) is 2. The summed E-state index contributed by atoms with van der Waals surface area (Å²) in [5.74, 6) is 0.259. The fourth-order valence-electron chi connectivity index (χ4n) is 1.83. The lowest BCUT2D eigenvalue weighted by Gasteiger charge is -2.23. The Kier molecular flexibility index (Phi) is 4.75. The standard InChI is InChI=1S/C11H20N2O2/c1-3-4-8(2)7-12-9-5-6-10(14)13-11(9)15/h8-9,12H,3-7H2,1-2H3,(H,13,14,15). The third kappa shape index (κ3) is 4.00. The van der Waals surface area contributed by atoms with Gasteiger partial charge in [0, 0.05) is 6.42 Å². The van der Waals surface area contributed by atoms with Gasteiger partial charge < -0.3 is 5.32 Å². The number of carbonyl (C=O) groups excluding carboxylic acids is 2. The molecule has 2 atom stereocenters. The number of amides is 2. The van der Waals surface area contributed by atoms with Gasteiger partial charge in [0.1, 0.15) is 0 Å². The quantitative estimate of drug-likeness (QED) is 0.663. The first-order valence-corrected chi connectivity index (χ1v) is 5.70. The fraction of sp³-hybridized carbons (Fsp3) is 0.818. The number of hydrogen-bond donors (Lipinski definition) is 2. The normalized spacial score (nSPS) is 23.7. The van der Waals surface area contributed by atoms with Gasteiger partial charge in [-0.2, -0.15) is 0 Å². The summed E-state index contributed by atoms with van der Waals surface area (Å²) >= 11 is 0. The van der Waals surface area contributed by atoms with E-state index in [0.717, 1.165) is 13.0 Å². The summed E-state index contributed by atoms with van der Waals surface area (Å²) in [5.41, 5.74) is 0. The van der Waals surface area contributed by atoms with Gasteiger partial charge >= 0.3 is 0 Å². The molecule has 1 saturated heterocycles. The summed E-state index contributed by atoms with van der Waals surface area (Å²) in [6, 6.07) is -0.179. The highest BCUT2D eigenvalue weighted by Crippen LogP contribution is 2.07. The largest absolute Gasteiger partial charge is 0.306 e. The van der Waals surface area contributed by atoms with E-state index in [1.165, 1.54) is 6.42 Å². The molecule has 86 valence electrons. The van der Waals surface area contributed by atoms with Crippen LogP contribution >= 0.6 is 0 Å². The van der Waals surface area contributed by atoms with Gasteiger partial charge in [0.2, 0.25) is 11.8 Å². The summed E-state index contributed by atoms with van der Waals surface area (Å²) in [4.78, 5) is 22.3. The van der Waals surface area contributed by atoms with Crippen molar-refractivity contribution in [3.8, 4) is 0 Å². The van der Waals surface area contributed by atoms with Gasteiger partial charge in [0.05, 0.1) is 6.04 Å². The number of carbonyl (C=O) groups is 2. The Labute approximate surface area is 90.8 Å². The van der Waals surface area contributed by atoms with Crippen molar-refractivity contribution in [1.29, 1.82) is 0 Å². The minimum atomic E-state index is -0.179. The number of rotatable bonds is 5. The van der Waals surface area contributed by atoms with Gasteiger partial charge in [-0.05, 0) is 25.3 Å². The third-order valence-electron chi connectivity index (χ3n) is 2.73. The van der Waals surface area contributed by atoms with Gasteiger partial charge in [-0.3, -0.25) is 14.9 Å². The number of hydrogen-bond acceptors (Lipinski definition) is 3. The first kappa shape index (κ1) is 12.2. The molecule has 0 bridgehead atoms. The molecule has 0 radical (unpaired) electrons. The Hall–Kier alpha value is -0.900. The molecule has 4 nitrogen and oxygen atoms in total. The van der Waals surface area contributed by atoms with Gasteiger partial charge in [-0.1, -0.05) is 20.3 Å². The Morgan fingerprint density at radius 3 is 2.87 bits per heavy atom. The van der Waals surface area contributed by atoms with Crippen molar-refractivity contribution < 1.29 is 9.59 Å². The van der Waals surface area contributed by atoms with E-state index in [1.54, 1.807) is 0 Å². The minimum Gasteiger partial charge on any atom is -0.306 e. The molecule has 1 rings (SSSR count). The van der Waals surface area contributed by atoms with Crippen LogP contribution in [0.4, 0.5) is 0 Å². The van der Waals surface area contributed by atoms with E-state index in [-0.39, 0.29) is 17.9 Å². The summed E-state index contributed by atoms with van der Waals surface area (Å²) in [6.07, 6.45) is 3.41. The minimum absolute atomic E-state index is 0.153. The van der Waals surface area contributed by atoms with Crippen LogP contribution in [-0.4, -0.2) is 24.4 Å². The van der Waals surface area contributed by atoms with Crippen LogP contribution in [0.15, 0.2) is 0 Å². The molecule has 0 aliphatic carbocycles. The molecule has 0 aromatic heterocycles. The van der Waals surface area contributed by atoms with E-state index in [1.807, 2.05) is 0 Å². The van der Waals surface area contributed by atoms with Gasteiger partial charge in [-0.15, -0.1) is 0 Å². The Morgan fingerprint density at radius 1 is 1.53 bits per heavy atom. The lowest BCUT2D eigenvalue weighted by atomic mass is 10.0. The molecule has 1 aliphatic rings. The molecule has 4 heteroatoms. The Morgan fingerprint density at radius 2 is 2.27 bits per heavy atom. The number of piperidine rings is 1. The van der Waals surface area contributed by atoms with Crippen LogP contribution in [0, 0.1) is 5.92 Å². The maximum atomic E-state index is 11.4.